The molecule has 0 unspecified atom stereocenters. The minimum Gasteiger partial charge on any atom is -0.494 e. The lowest BCUT2D eigenvalue weighted by molar-refractivity contribution is 0.245. The third-order valence-electron chi connectivity index (χ3n) is 4.06. The van der Waals surface area contributed by atoms with Crippen LogP contribution in [-0.2, 0) is 13.2 Å². The zero-order chi connectivity index (χ0) is 19.2. The van der Waals surface area contributed by atoms with Crippen molar-refractivity contribution in [2.24, 2.45) is 0 Å². The van der Waals surface area contributed by atoms with E-state index in [0.717, 1.165) is 27.1 Å². The monoisotopic (exact) mass is 400 g/mol. The van der Waals surface area contributed by atoms with E-state index >= 15 is 0 Å². The maximum absolute atomic E-state index is 5.49. The zero-order valence-electron chi connectivity index (χ0n) is 15.8. The number of aromatic nitrogens is 2. The highest BCUT2D eigenvalue weighted by molar-refractivity contribution is 7.73. The Kier molecular flexibility index (Phi) is 6.60. The number of ether oxygens (including phenoxy) is 1. The van der Waals surface area contributed by atoms with Crippen LogP contribution in [0.3, 0.4) is 0 Å². The van der Waals surface area contributed by atoms with Gasteiger partial charge in [0.05, 0.1) is 13.3 Å². The van der Waals surface area contributed by atoms with Gasteiger partial charge in [-0.05, 0) is 62.4 Å². The summed E-state index contributed by atoms with van der Waals surface area (Å²) in [6.07, 6.45) is 0. The molecule has 1 heterocycles. The first kappa shape index (κ1) is 19.5. The highest BCUT2D eigenvalue weighted by Gasteiger charge is 2.08. The molecular weight excluding hydrogens is 376 g/mol. The largest absolute Gasteiger partial charge is 0.494 e. The Morgan fingerprint density at radius 1 is 1.19 bits per heavy atom. The molecule has 0 bridgehead atoms. The molecule has 5 nitrogen and oxygen atoms in total. The third-order valence-corrected chi connectivity index (χ3v) is 5.28. The number of rotatable bonds is 8. The molecule has 7 heteroatoms. The predicted octanol–water partition coefficient (Wildman–Crippen LogP) is 5.21. The van der Waals surface area contributed by atoms with Crippen LogP contribution in [0, 0.1) is 10.9 Å². The summed E-state index contributed by atoms with van der Waals surface area (Å²) >= 11 is 6.97. The van der Waals surface area contributed by atoms with E-state index in [9.17, 15) is 0 Å². The lowest BCUT2D eigenvalue weighted by atomic mass is 10.2. The summed E-state index contributed by atoms with van der Waals surface area (Å²) in [5, 5.41) is 8.80. The number of benzene rings is 2. The second-order valence-electron chi connectivity index (χ2n) is 6.35. The number of nitrogens with one attached hydrogen (secondary N) is 1. The van der Waals surface area contributed by atoms with Crippen LogP contribution in [0.25, 0.3) is 0 Å². The highest BCUT2D eigenvalue weighted by atomic mass is 32.1. The van der Waals surface area contributed by atoms with Gasteiger partial charge in [-0.25, -0.2) is 4.68 Å². The average Bonchev–Trinajstić information content (AvgIpc) is 2.98. The number of nitrogens with zero attached hydrogens (tertiary/aromatic N) is 3. The molecular formula is C20H24N4OS2. The lowest BCUT2D eigenvalue weighted by Crippen LogP contribution is -2.22. The Hall–Kier alpha value is -2.22. The molecule has 0 spiro atoms. The first-order chi connectivity index (χ1) is 13.0. The second-order valence-corrected chi connectivity index (χ2v) is 7.97. The van der Waals surface area contributed by atoms with Crippen LogP contribution in [0.2, 0.25) is 0 Å². The number of aryl methyl sites for hydroxylation is 1. The maximum Gasteiger partial charge on any atom is 0.209 e. The van der Waals surface area contributed by atoms with Crippen LogP contribution >= 0.6 is 23.6 Å². The Morgan fingerprint density at radius 2 is 1.93 bits per heavy atom. The van der Waals surface area contributed by atoms with E-state index in [1.165, 1.54) is 22.5 Å². The van der Waals surface area contributed by atoms with Crippen molar-refractivity contribution in [3.05, 3.63) is 63.6 Å². The number of hydrogen-bond acceptors (Lipinski definition) is 6. The molecule has 0 saturated heterocycles. The van der Waals surface area contributed by atoms with E-state index < -0.39 is 0 Å². The van der Waals surface area contributed by atoms with Crippen molar-refractivity contribution in [1.29, 1.82) is 0 Å². The lowest BCUT2D eigenvalue weighted by Gasteiger charge is -2.16. The molecule has 0 amide bonds. The van der Waals surface area contributed by atoms with Crippen molar-refractivity contribution < 1.29 is 4.74 Å². The molecule has 0 saturated carbocycles. The van der Waals surface area contributed by atoms with Crippen LogP contribution in [0.4, 0.5) is 10.8 Å². The van der Waals surface area contributed by atoms with Crippen molar-refractivity contribution in [3.8, 4) is 5.75 Å². The minimum absolute atomic E-state index is 0.637. The molecule has 1 aromatic heterocycles. The van der Waals surface area contributed by atoms with Crippen LogP contribution < -0.4 is 10.1 Å². The number of anilines is 2. The third kappa shape index (κ3) is 5.38. The van der Waals surface area contributed by atoms with Gasteiger partial charge in [0.25, 0.3) is 0 Å². The first-order valence-corrected chi connectivity index (χ1v) is 10.1. The molecule has 2 aromatic carbocycles. The summed E-state index contributed by atoms with van der Waals surface area (Å²) in [5.41, 5.74) is 3.45. The topological polar surface area (TPSA) is 42.3 Å². The first-order valence-electron chi connectivity index (χ1n) is 8.86. The van der Waals surface area contributed by atoms with Gasteiger partial charge in [0.15, 0.2) is 3.95 Å². The Labute approximate surface area is 169 Å². The standard InChI is InChI=1S/C20H24N4OS2/c1-4-25-17-11-9-16(10-12-17)13-23(3)14-24-20(26)27-19(22-24)21-18-8-6-5-7-15(18)2/h5-12H,4,13-14H2,1-3H3,(H,21,22). The van der Waals surface area contributed by atoms with E-state index in [1.807, 2.05) is 41.9 Å². The van der Waals surface area contributed by atoms with Gasteiger partial charge in [-0.1, -0.05) is 41.7 Å². The number of para-hydroxylation sites is 1. The molecule has 3 rings (SSSR count). The van der Waals surface area contributed by atoms with Gasteiger partial charge in [0.2, 0.25) is 5.13 Å². The summed E-state index contributed by atoms with van der Waals surface area (Å²) in [5.74, 6) is 0.901. The molecule has 0 aliphatic rings. The number of hydrogen-bond donors (Lipinski definition) is 1. The van der Waals surface area contributed by atoms with Crippen molar-refractivity contribution in [2.45, 2.75) is 27.1 Å². The van der Waals surface area contributed by atoms with Crippen molar-refractivity contribution in [3.63, 3.8) is 0 Å². The summed E-state index contributed by atoms with van der Waals surface area (Å²) in [6, 6.07) is 16.3. The van der Waals surface area contributed by atoms with Crippen LogP contribution in [0.1, 0.15) is 18.1 Å². The van der Waals surface area contributed by atoms with E-state index in [1.54, 1.807) is 0 Å². The van der Waals surface area contributed by atoms with Crippen LogP contribution in [0.5, 0.6) is 5.75 Å². The van der Waals surface area contributed by atoms with Gasteiger partial charge in [0.1, 0.15) is 5.75 Å². The van der Waals surface area contributed by atoms with Crippen LogP contribution in [0.15, 0.2) is 48.5 Å². The summed E-state index contributed by atoms with van der Waals surface area (Å²) < 4.78 is 8.10. The molecule has 27 heavy (non-hydrogen) atoms. The fourth-order valence-corrected chi connectivity index (χ4v) is 3.73. The SMILES string of the molecule is CCOc1ccc(CN(C)Cn2nc(Nc3ccccc3C)sc2=S)cc1. The molecule has 0 aliphatic carbocycles. The average molecular weight is 401 g/mol. The molecule has 0 radical (unpaired) electrons. The van der Waals surface area contributed by atoms with Gasteiger partial charge < -0.3 is 10.1 Å². The van der Waals surface area contributed by atoms with Gasteiger partial charge in [-0.15, -0.1) is 5.10 Å². The normalized spacial score (nSPS) is 11.0. The van der Waals surface area contributed by atoms with Gasteiger partial charge in [-0.3, -0.25) is 4.90 Å². The van der Waals surface area contributed by atoms with Gasteiger partial charge in [0, 0.05) is 12.2 Å². The van der Waals surface area contributed by atoms with E-state index in [2.05, 4.69) is 47.5 Å². The fraction of sp³-hybridized carbons (Fsp3) is 0.300. The van der Waals surface area contributed by atoms with Crippen LogP contribution in [-0.4, -0.2) is 28.3 Å². The molecule has 0 fully saturated rings. The quantitative estimate of drug-likeness (QED) is 0.526. The van der Waals surface area contributed by atoms with Gasteiger partial charge in [-0.2, -0.15) is 0 Å². The minimum atomic E-state index is 0.637. The highest BCUT2D eigenvalue weighted by Crippen LogP contribution is 2.23. The fourth-order valence-electron chi connectivity index (χ4n) is 2.72. The van der Waals surface area contributed by atoms with E-state index in [-0.39, 0.29) is 0 Å². The van der Waals surface area contributed by atoms with Crippen molar-refractivity contribution >= 4 is 34.4 Å². The molecule has 0 aliphatic heterocycles. The molecule has 3 aromatic rings. The van der Waals surface area contributed by atoms with E-state index in [4.69, 9.17) is 17.0 Å². The second kappa shape index (κ2) is 9.12. The Morgan fingerprint density at radius 3 is 2.63 bits per heavy atom. The Balaban J connectivity index is 1.62. The summed E-state index contributed by atoms with van der Waals surface area (Å²) in [6.45, 7) is 6.19. The molecule has 1 N–H and O–H groups in total. The molecule has 142 valence electrons. The smallest absolute Gasteiger partial charge is 0.209 e. The maximum atomic E-state index is 5.49. The predicted molar refractivity (Wildman–Crippen MR) is 114 cm³/mol. The summed E-state index contributed by atoms with van der Waals surface area (Å²) in [7, 11) is 2.06. The zero-order valence-corrected chi connectivity index (χ0v) is 17.4. The Bertz CT molecular complexity index is 934. The molecule has 0 atom stereocenters. The van der Waals surface area contributed by atoms with Gasteiger partial charge >= 0.3 is 0 Å². The van der Waals surface area contributed by atoms with Crippen molar-refractivity contribution in [2.75, 3.05) is 19.0 Å². The van der Waals surface area contributed by atoms with Crippen molar-refractivity contribution in [1.82, 2.24) is 14.7 Å². The van der Waals surface area contributed by atoms with E-state index in [0.29, 0.717) is 13.3 Å². The summed E-state index contributed by atoms with van der Waals surface area (Å²) in [4.78, 5) is 2.18.